The van der Waals surface area contributed by atoms with Gasteiger partial charge in [0.15, 0.2) is 0 Å². The highest BCUT2D eigenvalue weighted by Crippen LogP contribution is 2.18. The first-order valence-corrected chi connectivity index (χ1v) is 8.31. The zero-order chi connectivity index (χ0) is 13.7. The van der Waals surface area contributed by atoms with E-state index in [0.29, 0.717) is 13.2 Å². The van der Waals surface area contributed by atoms with Crippen LogP contribution in [0.15, 0.2) is 42.5 Å². The molecule has 2 rings (SSSR count). The van der Waals surface area contributed by atoms with E-state index < -0.39 is 8.80 Å². The molecule has 0 aliphatic carbocycles. The molecule has 3 nitrogen and oxygen atoms in total. The average molecular weight is 276 g/mol. The second-order valence-electron chi connectivity index (χ2n) is 4.15. The molecule has 0 bridgehead atoms. The van der Waals surface area contributed by atoms with Crippen molar-refractivity contribution in [2.45, 2.75) is 13.8 Å². The van der Waals surface area contributed by atoms with Crippen LogP contribution < -0.4 is 5.19 Å². The summed E-state index contributed by atoms with van der Waals surface area (Å²) in [5.41, 5.74) is 0. The van der Waals surface area contributed by atoms with Crippen molar-refractivity contribution in [1.82, 2.24) is 0 Å². The Labute approximate surface area is 115 Å². The lowest BCUT2D eigenvalue weighted by Gasteiger charge is -2.28. The average Bonchev–Trinajstić information content (AvgIpc) is 2.46. The summed E-state index contributed by atoms with van der Waals surface area (Å²) in [5.74, 6) is 0. The molecule has 0 heterocycles. The standard InChI is InChI=1S/C15H20O3Si/c1-4-17-19(16-3,18-5-2)15-12-8-10-13-9-6-7-11-14(13)15/h6-12H,4-5H2,1-3H3. The van der Waals surface area contributed by atoms with Gasteiger partial charge in [0.05, 0.1) is 0 Å². The lowest BCUT2D eigenvalue weighted by atomic mass is 10.1. The van der Waals surface area contributed by atoms with Gasteiger partial charge in [0.2, 0.25) is 0 Å². The quantitative estimate of drug-likeness (QED) is 0.759. The molecule has 2 aromatic carbocycles. The van der Waals surface area contributed by atoms with E-state index >= 15 is 0 Å². The number of rotatable bonds is 6. The minimum atomic E-state index is -2.81. The fourth-order valence-corrected chi connectivity index (χ4v) is 4.77. The minimum Gasteiger partial charge on any atom is -0.373 e. The van der Waals surface area contributed by atoms with Crippen LogP contribution in [0.4, 0.5) is 0 Å². The van der Waals surface area contributed by atoms with E-state index in [4.69, 9.17) is 13.3 Å². The van der Waals surface area contributed by atoms with Gasteiger partial charge in [-0.15, -0.1) is 0 Å². The third kappa shape index (κ3) is 2.72. The van der Waals surface area contributed by atoms with Crippen LogP contribution in [-0.2, 0) is 13.3 Å². The first kappa shape index (κ1) is 14.2. The van der Waals surface area contributed by atoms with Crippen LogP contribution >= 0.6 is 0 Å². The molecule has 2 aromatic rings. The minimum absolute atomic E-state index is 0.573. The molecule has 102 valence electrons. The molecule has 0 aliphatic heterocycles. The van der Waals surface area contributed by atoms with Gasteiger partial charge >= 0.3 is 8.80 Å². The molecule has 0 aliphatic rings. The van der Waals surface area contributed by atoms with E-state index in [1.165, 1.54) is 5.39 Å². The van der Waals surface area contributed by atoms with Crippen LogP contribution in [0.3, 0.4) is 0 Å². The Morgan fingerprint density at radius 2 is 1.53 bits per heavy atom. The molecule has 0 amide bonds. The van der Waals surface area contributed by atoms with E-state index in [0.717, 1.165) is 10.6 Å². The molecular formula is C15H20O3Si. The summed E-state index contributed by atoms with van der Waals surface area (Å²) in [6, 6.07) is 14.4. The molecule has 0 atom stereocenters. The summed E-state index contributed by atoms with van der Waals surface area (Å²) < 4.78 is 17.5. The lowest BCUT2D eigenvalue weighted by molar-refractivity contribution is 0.102. The van der Waals surface area contributed by atoms with E-state index in [2.05, 4.69) is 18.2 Å². The van der Waals surface area contributed by atoms with Crippen molar-refractivity contribution in [2.75, 3.05) is 20.3 Å². The van der Waals surface area contributed by atoms with E-state index in [1.54, 1.807) is 7.11 Å². The van der Waals surface area contributed by atoms with Crippen molar-refractivity contribution in [3.8, 4) is 0 Å². The van der Waals surface area contributed by atoms with Crippen LogP contribution in [0, 0.1) is 0 Å². The normalized spacial score (nSPS) is 11.9. The van der Waals surface area contributed by atoms with Gasteiger partial charge in [-0.05, 0) is 24.6 Å². The summed E-state index contributed by atoms with van der Waals surface area (Å²) in [6.07, 6.45) is 0. The topological polar surface area (TPSA) is 27.7 Å². The van der Waals surface area contributed by atoms with Gasteiger partial charge in [-0.3, -0.25) is 0 Å². The fourth-order valence-electron chi connectivity index (χ4n) is 2.30. The van der Waals surface area contributed by atoms with E-state index in [1.807, 2.05) is 38.1 Å². The lowest BCUT2D eigenvalue weighted by Crippen LogP contribution is -2.56. The van der Waals surface area contributed by atoms with Crippen molar-refractivity contribution in [2.24, 2.45) is 0 Å². The molecule has 4 heteroatoms. The Balaban J connectivity index is 2.61. The Morgan fingerprint density at radius 1 is 0.895 bits per heavy atom. The summed E-state index contributed by atoms with van der Waals surface area (Å²) in [5, 5.41) is 3.35. The van der Waals surface area contributed by atoms with Crippen molar-refractivity contribution < 1.29 is 13.3 Å². The van der Waals surface area contributed by atoms with Crippen molar-refractivity contribution in [1.29, 1.82) is 0 Å². The molecule has 0 aromatic heterocycles. The van der Waals surface area contributed by atoms with Gasteiger partial charge in [0.1, 0.15) is 0 Å². The molecule has 0 radical (unpaired) electrons. The zero-order valence-electron chi connectivity index (χ0n) is 11.7. The molecule has 0 saturated carbocycles. The third-order valence-corrected chi connectivity index (χ3v) is 6.03. The van der Waals surface area contributed by atoms with Crippen LogP contribution in [0.1, 0.15) is 13.8 Å². The highest BCUT2D eigenvalue weighted by Gasteiger charge is 2.43. The predicted molar refractivity (Wildman–Crippen MR) is 79.6 cm³/mol. The Hall–Kier alpha value is -1.20. The van der Waals surface area contributed by atoms with Gasteiger partial charge in [0.25, 0.3) is 0 Å². The largest absolute Gasteiger partial charge is 0.537 e. The molecule has 0 N–H and O–H groups in total. The molecule has 0 fully saturated rings. The first-order chi connectivity index (χ1) is 9.27. The summed E-state index contributed by atoms with van der Waals surface area (Å²) in [6.45, 7) is 5.07. The number of hydrogen-bond donors (Lipinski definition) is 0. The third-order valence-electron chi connectivity index (χ3n) is 3.06. The molecule has 0 spiro atoms. The molecule has 19 heavy (non-hydrogen) atoms. The monoisotopic (exact) mass is 276 g/mol. The number of benzene rings is 2. The first-order valence-electron chi connectivity index (χ1n) is 6.58. The highest BCUT2D eigenvalue weighted by molar-refractivity contribution is 6.77. The Kier molecular flexibility index (Phi) is 4.71. The summed E-state index contributed by atoms with van der Waals surface area (Å²) >= 11 is 0. The van der Waals surface area contributed by atoms with Crippen LogP contribution in [0.5, 0.6) is 0 Å². The van der Waals surface area contributed by atoms with Gasteiger partial charge in [-0.2, -0.15) is 0 Å². The van der Waals surface area contributed by atoms with Crippen LogP contribution in [0.25, 0.3) is 10.8 Å². The second-order valence-corrected chi connectivity index (χ2v) is 6.79. The van der Waals surface area contributed by atoms with Crippen LogP contribution in [0.2, 0.25) is 0 Å². The molecular weight excluding hydrogens is 256 g/mol. The predicted octanol–water partition coefficient (Wildman–Crippen LogP) is 2.71. The summed E-state index contributed by atoms with van der Waals surface area (Å²) in [4.78, 5) is 0. The number of hydrogen-bond acceptors (Lipinski definition) is 3. The van der Waals surface area contributed by atoms with E-state index in [-0.39, 0.29) is 0 Å². The smallest absolute Gasteiger partial charge is 0.373 e. The molecule has 0 saturated heterocycles. The van der Waals surface area contributed by atoms with Crippen molar-refractivity contribution in [3.05, 3.63) is 42.5 Å². The van der Waals surface area contributed by atoms with Crippen molar-refractivity contribution in [3.63, 3.8) is 0 Å². The van der Waals surface area contributed by atoms with Crippen molar-refractivity contribution >= 4 is 24.8 Å². The Morgan fingerprint density at radius 3 is 2.16 bits per heavy atom. The van der Waals surface area contributed by atoms with Gasteiger partial charge < -0.3 is 13.3 Å². The van der Waals surface area contributed by atoms with Crippen LogP contribution in [-0.4, -0.2) is 29.1 Å². The fraction of sp³-hybridized carbons (Fsp3) is 0.333. The maximum atomic E-state index is 5.91. The maximum Gasteiger partial charge on any atom is 0.537 e. The number of fused-ring (bicyclic) bond motifs is 1. The Bertz CT molecular complexity index is 530. The van der Waals surface area contributed by atoms with Gasteiger partial charge in [-0.1, -0.05) is 42.5 Å². The zero-order valence-corrected chi connectivity index (χ0v) is 12.7. The van der Waals surface area contributed by atoms with E-state index in [9.17, 15) is 0 Å². The maximum absolute atomic E-state index is 5.91. The summed E-state index contributed by atoms with van der Waals surface area (Å²) in [7, 11) is -1.14. The molecule has 0 unspecified atom stereocenters. The van der Waals surface area contributed by atoms with Gasteiger partial charge in [0, 0.05) is 25.5 Å². The highest BCUT2D eigenvalue weighted by atomic mass is 28.4. The SMILES string of the molecule is CCO[Si](OC)(OCC)c1cccc2ccccc12. The van der Waals surface area contributed by atoms with Gasteiger partial charge in [-0.25, -0.2) is 0 Å². The second kappa shape index (κ2) is 6.30.